The van der Waals surface area contributed by atoms with Crippen molar-refractivity contribution in [3.05, 3.63) is 69.2 Å². The molecule has 21 heavy (non-hydrogen) atoms. The fourth-order valence-electron chi connectivity index (χ4n) is 2.55. The summed E-state index contributed by atoms with van der Waals surface area (Å²) in [6.45, 7) is 9.45. The molecule has 0 saturated carbocycles. The van der Waals surface area contributed by atoms with Gasteiger partial charge in [-0.15, -0.1) is 0 Å². The molecule has 2 aromatic rings. The Labute approximate surface area is 133 Å². The van der Waals surface area contributed by atoms with Gasteiger partial charge in [0, 0.05) is 11.1 Å². The standard InChI is InChI=1S/C19H24ClN/c1-5-21-19(17-9-7-14(3)18(20)12-17)11-16-8-6-13(2)15(4)10-16/h6-10,12,19,21H,5,11H2,1-4H3. The third-order valence-corrected chi connectivity index (χ3v) is 4.47. The molecule has 0 heterocycles. The van der Waals surface area contributed by atoms with E-state index in [1.165, 1.54) is 22.3 Å². The zero-order chi connectivity index (χ0) is 15.4. The van der Waals surface area contributed by atoms with Crippen LogP contribution in [-0.4, -0.2) is 6.54 Å². The van der Waals surface area contributed by atoms with E-state index in [9.17, 15) is 0 Å². The van der Waals surface area contributed by atoms with Crippen molar-refractivity contribution in [1.29, 1.82) is 0 Å². The van der Waals surface area contributed by atoms with Gasteiger partial charge in [0.15, 0.2) is 0 Å². The molecule has 0 radical (unpaired) electrons. The van der Waals surface area contributed by atoms with Crippen LogP contribution in [0.3, 0.4) is 0 Å². The maximum Gasteiger partial charge on any atom is 0.0438 e. The normalized spacial score (nSPS) is 12.4. The van der Waals surface area contributed by atoms with Gasteiger partial charge in [0.05, 0.1) is 0 Å². The van der Waals surface area contributed by atoms with Crippen LogP contribution in [0.1, 0.15) is 40.8 Å². The molecule has 0 aliphatic heterocycles. The zero-order valence-corrected chi connectivity index (χ0v) is 14.1. The molecule has 0 fully saturated rings. The summed E-state index contributed by atoms with van der Waals surface area (Å²) in [5, 5.41) is 4.41. The van der Waals surface area contributed by atoms with E-state index in [0.717, 1.165) is 23.6 Å². The number of likely N-dealkylation sites (N-methyl/N-ethyl adjacent to an activating group) is 1. The second-order valence-electron chi connectivity index (χ2n) is 5.74. The zero-order valence-electron chi connectivity index (χ0n) is 13.3. The molecule has 112 valence electrons. The van der Waals surface area contributed by atoms with Crippen molar-refractivity contribution < 1.29 is 0 Å². The Bertz CT molecular complexity index is 619. The molecule has 0 saturated heterocycles. The van der Waals surface area contributed by atoms with Crippen LogP contribution in [0.2, 0.25) is 5.02 Å². The van der Waals surface area contributed by atoms with Crippen molar-refractivity contribution in [1.82, 2.24) is 5.32 Å². The molecular weight excluding hydrogens is 278 g/mol. The van der Waals surface area contributed by atoms with Gasteiger partial charge in [0.25, 0.3) is 0 Å². The van der Waals surface area contributed by atoms with Crippen molar-refractivity contribution in [2.45, 2.75) is 40.2 Å². The van der Waals surface area contributed by atoms with Crippen molar-refractivity contribution in [3.8, 4) is 0 Å². The molecule has 0 aromatic heterocycles. The number of hydrogen-bond acceptors (Lipinski definition) is 1. The fourth-order valence-corrected chi connectivity index (χ4v) is 2.74. The highest BCUT2D eigenvalue weighted by Gasteiger charge is 2.12. The average molecular weight is 302 g/mol. The van der Waals surface area contributed by atoms with Crippen LogP contribution in [-0.2, 0) is 6.42 Å². The molecule has 0 amide bonds. The lowest BCUT2D eigenvalue weighted by Crippen LogP contribution is -2.23. The van der Waals surface area contributed by atoms with Crippen LogP contribution >= 0.6 is 11.6 Å². The lowest BCUT2D eigenvalue weighted by atomic mass is 9.96. The molecule has 2 heteroatoms. The summed E-state index contributed by atoms with van der Waals surface area (Å²) in [6.07, 6.45) is 0.981. The Morgan fingerprint density at radius 1 is 0.952 bits per heavy atom. The summed E-state index contributed by atoms with van der Waals surface area (Å²) < 4.78 is 0. The van der Waals surface area contributed by atoms with Gasteiger partial charge >= 0.3 is 0 Å². The van der Waals surface area contributed by atoms with Gasteiger partial charge in [0.2, 0.25) is 0 Å². The Morgan fingerprint density at radius 2 is 1.67 bits per heavy atom. The van der Waals surface area contributed by atoms with Crippen LogP contribution < -0.4 is 5.32 Å². The minimum Gasteiger partial charge on any atom is -0.310 e. The molecular formula is C19H24ClN. The molecule has 0 spiro atoms. The number of aryl methyl sites for hydroxylation is 3. The SMILES string of the molecule is CCNC(Cc1ccc(C)c(C)c1)c1ccc(C)c(Cl)c1. The Hall–Kier alpha value is -1.31. The van der Waals surface area contributed by atoms with Gasteiger partial charge in [-0.3, -0.25) is 0 Å². The molecule has 0 bridgehead atoms. The van der Waals surface area contributed by atoms with Crippen LogP contribution in [0.15, 0.2) is 36.4 Å². The first-order valence-electron chi connectivity index (χ1n) is 7.56. The molecule has 1 unspecified atom stereocenters. The van der Waals surface area contributed by atoms with Gasteiger partial charge in [-0.1, -0.05) is 48.9 Å². The highest BCUT2D eigenvalue weighted by atomic mass is 35.5. The number of halogens is 1. The number of rotatable bonds is 5. The van der Waals surface area contributed by atoms with E-state index in [4.69, 9.17) is 11.6 Å². The van der Waals surface area contributed by atoms with Crippen LogP contribution in [0.4, 0.5) is 0 Å². The summed E-state index contributed by atoms with van der Waals surface area (Å²) in [4.78, 5) is 0. The molecule has 0 aliphatic carbocycles. The van der Waals surface area contributed by atoms with Crippen LogP contribution in [0.25, 0.3) is 0 Å². The number of nitrogens with one attached hydrogen (secondary N) is 1. The van der Waals surface area contributed by atoms with Gasteiger partial charge in [0.1, 0.15) is 0 Å². The molecule has 1 atom stereocenters. The maximum atomic E-state index is 6.28. The van der Waals surface area contributed by atoms with E-state index in [0.29, 0.717) is 6.04 Å². The smallest absolute Gasteiger partial charge is 0.0438 e. The highest BCUT2D eigenvalue weighted by Crippen LogP contribution is 2.24. The third kappa shape index (κ3) is 4.09. The van der Waals surface area contributed by atoms with Gasteiger partial charge < -0.3 is 5.32 Å². The van der Waals surface area contributed by atoms with E-state index in [1.54, 1.807) is 0 Å². The second-order valence-corrected chi connectivity index (χ2v) is 6.15. The molecule has 0 aliphatic rings. The van der Waals surface area contributed by atoms with E-state index < -0.39 is 0 Å². The molecule has 1 N–H and O–H groups in total. The Morgan fingerprint density at radius 3 is 2.29 bits per heavy atom. The minimum atomic E-state index is 0.301. The highest BCUT2D eigenvalue weighted by molar-refractivity contribution is 6.31. The topological polar surface area (TPSA) is 12.0 Å². The first-order chi connectivity index (χ1) is 10.0. The fraction of sp³-hybridized carbons (Fsp3) is 0.368. The van der Waals surface area contributed by atoms with E-state index in [2.05, 4.69) is 62.5 Å². The summed E-state index contributed by atoms with van der Waals surface area (Å²) in [5.74, 6) is 0. The summed E-state index contributed by atoms with van der Waals surface area (Å²) >= 11 is 6.28. The first-order valence-corrected chi connectivity index (χ1v) is 7.94. The van der Waals surface area contributed by atoms with Gasteiger partial charge in [-0.25, -0.2) is 0 Å². The van der Waals surface area contributed by atoms with Crippen LogP contribution in [0, 0.1) is 20.8 Å². The summed E-state index contributed by atoms with van der Waals surface area (Å²) in [5.41, 5.74) is 6.44. The molecule has 2 rings (SSSR count). The minimum absolute atomic E-state index is 0.301. The lowest BCUT2D eigenvalue weighted by Gasteiger charge is -2.20. The molecule has 1 nitrogen and oxygen atoms in total. The van der Waals surface area contributed by atoms with Gasteiger partial charge in [-0.2, -0.15) is 0 Å². The van der Waals surface area contributed by atoms with E-state index >= 15 is 0 Å². The predicted octanol–water partition coefficient (Wildman–Crippen LogP) is 5.16. The first kappa shape index (κ1) is 16.1. The average Bonchev–Trinajstić information content (AvgIpc) is 2.45. The predicted molar refractivity (Wildman–Crippen MR) is 92.2 cm³/mol. The monoisotopic (exact) mass is 301 g/mol. The van der Waals surface area contributed by atoms with Crippen molar-refractivity contribution in [2.24, 2.45) is 0 Å². The number of benzene rings is 2. The number of hydrogen-bond donors (Lipinski definition) is 1. The van der Waals surface area contributed by atoms with E-state index in [-0.39, 0.29) is 0 Å². The quantitative estimate of drug-likeness (QED) is 0.804. The Kier molecular flexibility index (Phi) is 5.44. The lowest BCUT2D eigenvalue weighted by molar-refractivity contribution is 0.549. The third-order valence-electron chi connectivity index (χ3n) is 4.06. The second kappa shape index (κ2) is 7.11. The van der Waals surface area contributed by atoms with Gasteiger partial charge in [-0.05, 0) is 67.6 Å². The maximum absolute atomic E-state index is 6.28. The largest absolute Gasteiger partial charge is 0.310 e. The van der Waals surface area contributed by atoms with Crippen molar-refractivity contribution >= 4 is 11.6 Å². The summed E-state index contributed by atoms with van der Waals surface area (Å²) in [6, 6.07) is 13.4. The van der Waals surface area contributed by atoms with Crippen molar-refractivity contribution in [3.63, 3.8) is 0 Å². The van der Waals surface area contributed by atoms with Crippen molar-refractivity contribution in [2.75, 3.05) is 6.54 Å². The van der Waals surface area contributed by atoms with E-state index in [1.807, 2.05) is 6.92 Å². The van der Waals surface area contributed by atoms with Crippen LogP contribution in [0.5, 0.6) is 0 Å². The Balaban J connectivity index is 2.25. The summed E-state index contributed by atoms with van der Waals surface area (Å²) in [7, 11) is 0. The molecule has 2 aromatic carbocycles.